The molecule has 2 aromatic rings. The molecular formula is C10H10ClN3OS. The Kier molecular flexibility index (Phi) is 3.58. The lowest BCUT2D eigenvalue weighted by atomic mass is 10.4. The Morgan fingerprint density at radius 3 is 3.06 bits per heavy atom. The quantitative estimate of drug-likeness (QED) is 0.909. The van der Waals surface area contributed by atoms with Crippen LogP contribution in [0, 0.1) is 0 Å². The summed E-state index contributed by atoms with van der Waals surface area (Å²) in [5.74, 6) is -0.0861. The summed E-state index contributed by atoms with van der Waals surface area (Å²) < 4.78 is 2.53. The Labute approximate surface area is 102 Å². The van der Waals surface area contributed by atoms with Gasteiger partial charge < -0.3 is 9.88 Å². The van der Waals surface area contributed by atoms with Crippen LogP contribution in [0.3, 0.4) is 0 Å². The molecule has 0 bridgehead atoms. The molecule has 0 saturated heterocycles. The van der Waals surface area contributed by atoms with Crippen LogP contribution >= 0.6 is 22.9 Å². The van der Waals surface area contributed by atoms with Crippen molar-refractivity contribution < 1.29 is 4.79 Å². The van der Waals surface area contributed by atoms with E-state index < -0.39 is 0 Å². The minimum Gasteiger partial charge on any atom is -0.350 e. The molecule has 0 aliphatic heterocycles. The molecule has 2 aromatic heterocycles. The Hall–Kier alpha value is -1.33. The number of hydrogen-bond acceptors (Lipinski definition) is 3. The molecule has 4 nitrogen and oxygen atoms in total. The largest absolute Gasteiger partial charge is 0.350 e. The maximum absolute atomic E-state index is 11.6. The maximum atomic E-state index is 11.6. The van der Waals surface area contributed by atoms with Gasteiger partial charge in [0.05, 0.1) is 15.5 Å². The molecule has 0 saturated carbocycles. The lowest BCUT2D eigenvalue weighted by Gasteiger charge is -2.03. The molecule has 0 fully saturated rings. The third-order valence-electron chi connectivity index (χ3n) is 2.01. The fraction of sp³-hybridized carbons (Fsp3) is 0.200. The van der Waals surface area contributed by atoms with E-state index in [-0.39, 0.29) is 5.91 Å². The minimum atomic E-state index is -0.0861. The molecule has 2 heterocycles. The number of carbonyl (C=O) groups is 1. The van der Waals surface area contributed by atoms with Gasteiger partial charge in [-0.1, -0.05) is 11.6 Å². The molecule has 0 aromatic carbocycles. The Morgan fingerprint density at radius 2 is 2.44 bits per heavy atom. The van der Waals surface area contributed by atoms with E-state index in [1.165, 1.54) is 11.3 Å². The zero-order chi connectivity index (χ0) is 11.4. The van der Waals surface area contributed by atoms with Crippen molar-refractivity contribution in [2.24, 2.45) is 0 Å². The van der Waals surface area contributed by atoms with Gasteiger partial charge in [-0.2, -0.15) is 0 Å². The van der Waals surface area contributed by atoms with E-state index in [0.29, 0.717) is 22.3 Å². The van der Waals surface area contributed by atoms with E-state index >= 15 is 0 Å². The van der Waals surface area contributed by atoms with Gasteiger partial charge in [-0.3, -0.25) is 4.79 Å². The van der Waals surface area contributed by atoms with E-state index in [2.05, 4.69) is 10.3 Å². The van der Waals surface area contributed by atoms with Gasteiger partial charge in [-0.25, -0.2) is 4.98 Å². The summed E-state index contributed by atoms with van der Waals surface area (Å²) in [6.45, 7) is 1.29. The fourth-order valence-corrected chi connectivity index (χ4v) is 2.20. The number of thiophene rings is 1. The van der Waals surface area contributed by atoms with E-state index in [1.54, 1.807) is 24.7 Å². The van der Waals surface area contributed by atoms with Crippen molar-refractivity contribution >= 4 is 28.8 Å². The topological polar surface area (TPSA) is 46.9 Å². The highest BCUT2D eigenvalue weighted by atomic mass is 35.5. The van der Waals surface area contributed by atoms with Gasteiger partial charge in [0.2, 0.25) is 0 Å². The number of nitrogens with zero attached hydrogens (tertiary/aromatic N) is 2. The van der Waals surface area contributed by atoms with Crippen LogP contribution in [-0.4, -0.2) is 22.0 Å². The summed E-state index contributed by atoms with van der Waals surface area (Å²) in [6, 6.07) is 3.44. The van der Waals surface area contributed by atoms with Crippen molar-refractivity contribution in [3.8, 4) is 0 Å². The van der Waals surface area contributed by atoms with Gasteiger partial charge in [0, 0.05) is 25.5 Å². The predicted octanol–water partition coefficient (Wildman–Crippen LogP) is 2.03. The van der Waals surface area contributed by atoms with Crippen LogP contribution in [0.2, 0.25) is 4.34 Å². The van der Waals surface area contributed by atoms with Crippen molar-refractivity contribution in [1.82, 2.24) is 14.9 Å². The molecular weight excluding hydrogens is 246 g/mol. The zero-order valence-electron chi connectivity index (χ0n) is 8.39. The van der Waals surface area contributed by atoms with Crippen molar-refractivity contribution in [1.29, 1.82) is 0 Å². The average Bonchev–Trinajstić information content (AvgIpc) is 2.89. The van der Waals surface area contributed by atoms with Crippen molar-refractivity contribution in [3.63, 3.8) is 0 Å². The molecule has 1 amide bonds. The van der Waals surface area contributed by atoms with Crippen molar-refractivity contribution in [2.45, 2.75) is 6.54 Å². The average molecular weight is 256 g/mol. The molecule has 0 aliphatic carbocycles. The maximum Gasteiger partial charge on any atom is 0.261 e. The van der Waals surface area contributed by atoms with E-state index in [4.69, 9.17) is 11.6 Å². The summed E-state index contributed by atoms with van der Waals surface area (Å²) >= 11 is 7.02. The zero-order valence-corrected chi connectivity index (χ0v) is 9.96. The minimum absolute atomic E-state index is 0.0861. The fourth-order valence-electron chi connectivity index (χ4n) is 1.24. The van der Waals surface area contributed by atoms with Gasteiger partial charge in [0.1, 0.15) is 0 Å². The first-order valence-electron chi connectivity index (χ1n) is 4.75. The molecule has 84 valence electrons. The lowest BCUT2D eigenvalue weighted by molar-refractivity contribution is 0.0956. The van der Waals surface area contributed by atoms with E-state index in [0.717, 1.165) is 0 Å². The number of amides is 1. The third kappa shape index (κ3) is 2.84. The molecule has 0 atom stereocenters. The van der Waals surface area contributed by atoms with Gasteiger partial charge >= 0.3 is 0 Å². The SMILES string of the molecule is O=C(NCCn1ccnc1)c1ccc(Cl)s1. The first-order valence-corrected chi connectivity index (χ1v) is 5.94. The monoisotopic (exact) mass is 255 g/mol. The second-order valence-electron chi connectivity index (χ2n) is 3.16. The highest BCUT2D eigenvalue weighted by molar-refractivity contribution is 7.17. The molecule has 2 rings (SSSR count). The third-order valence-corrected chi connectivity index (χ3v) is 3.24. The van der Waals surface area contributed by atoms with Gasteiger partial charge in [-0.15, -0.1) is 11.3 Å². The predicted molar refractivity (Wildman–Crippen MR) is 63.9 cm³/mol. The lowest BCUT2D eigenvalue weighted by Crippen LogP contribution is -2.26. The standard InChI is InChI=1S/C10H10ClN3OS/c11-9-2-1-8(16-9)10(15)13-4-6-14-5-3-12-7-14/h1-3,5,7H,4,6H2,(H,13,15). The van der Waals surface area contributed by atoms with Crippen LogP contribution in [0.25, 0.3) is 0 Å². The summed E-state index contributed by atoms with van der Waals surface area (Å²) in [5.41, 5.74) is 0. The van der Waals surface area contributed by atoms with Gasteiger partial charge in [-0.05, 0) is 12.1 Å². The summed E-state index contributed by atoms with van der Waals surface area (Å²) in [4.78, 5) is 16.2. The molecule has 6 heteroatoms. The summed E-state index contributed by atoms with van der Waals surface area (Å²) in [5, 5.41) is 2.81. The van der Waals surface area contributed by atoms with Crippen LogP contribution in [0.4, 0.5) is 0 Å². The normalized spacial score (nSPS) is 10.3. The smallest absolute Gasteiger partial charge is 0.261 e. The number of aromatic nitrogens is 2. The first-order chi connectivity index (χ1) is 7.75. The number of rotatable bonds is 4. The highest BCUT2D eigenvalue weighted by Crippen LogP contribution is 2.20. The Balaban J connectivity index is 1.80. The van der Waals surface area contributed by atoms with Crippen LogP contribution in [-0.2, 0) is 6.54 Å². The molecule has 0 spiro atoms. The number of hydrogen-bond donors (Lipinski definition) is 1. The van der Waals surface area contributed by atoms with Crippen LogP contribution in [0.15, 0.2) is 30.9 Å². The second-order valence-corrected chi connectivity index (χ2v) is 4.88. The number of halogens is 1. The molecule has 0 aliphatic rings. The van der Waals surface area contributed by atoms with Crippen molar-refractivity contribution in [2.75, 3.05) is 6.54 Å². The molecule has 0 unspecified atom stereocenters. The van der Waals surface area contributed by atoms with E-state index in [9.17, 15) is 4.79 Å². The second kappa shape index (κ2) is 5.14. The Morgan fingerprint density at radius 1 is 1.56 bits per heavy atom. The Bertz CT molecular complexity index is 466. The highest BCUT2D eigenvalue weighted by Gasteiger charge is 2.07. The molecule has 1 N–H and O–H groups in total. The van der Waals surface area contributed by atoms with Gasteiger partial charge in [0.15, 0.2) is 0 Å². The first kappa shape index (κ1) is 11.2. The number of carbonyl (C=O) groups excluding carboxylic acids is 1. The van der Waals surface area contributed by atoms with Crippen molar-refractivity contribution in [3.05, 3.63) is 40.1 Å². The summed E-state index contributed by atoms with van der Waals surface area (Å²) in [6.07, 6.45) is 5.28. The van der Waals surface area contributed by atoms with E-state index in [1.807, 2.05) is 10.8 Å². The van der Waals surface area contributed by atoms with Crippen LogP contribution < -0.4 is 5.32 Å². The summed E-state index contributed by atoms with van der Waals surface area (Å²) in [7, 11) is 0. The molecule has 0 radical (unpaired) electrons. The number of imidazole rings is 1. The number of nitrogens with one attached hydrogen (secondary N) is 1. The van der Waals surface area contributed by atoms with Crippen LogP contribution in [0.1, 0.15) is 9.67 Å². The molecule has 16 heavy (non-hydrogen) atoms. The van der Waals surface area contributed by atoms with Gasteiger partial charge in [0.25, 0.3) is 5.91 Å². The van der Waals surface area contributed by atoms with Crippen LogP contribution in [0.5, 0.6) is 0 Å².